The zero-order valence-electron chi connectivity index (χ0n) is 14.8. The molecule has 136 valence electrons. The van der Waals surface area contributed by atoms with E-state index < -0.39 is 11.8 Å². The van der Waals surface area contributed by atoms with Gasteiger partial charge in [0.2, 0.25) is 5.43 Å². The van der Waals surface area contributed by atoms with Crippen molar-refractivity contribution in [2.75, 3.05) is 5.32 Å². The Morgan fingerprint density at radius 3 is 2.50 bits per heavy atom. The Morgan fingerprint density at radius 1 is 1.15 bits per heavy atom. The molecular weight excluding hydrogens is 330 g/mol. The molecule has 6 nitrogen and oxygen atoms in total. The highest BCUT2D eigenvalue weighted by Crippen LogP contribution is 2.37. The number of anilines is 1. The van der Waals surface area contributed by atoms with E-state index >= 15 is 0 Å². The molecule has 1 atom stereocenters. The van der Waals surface area contributed by atoms with Gasteiger partial charge in [0.25, 0.3) is 0 Å². The molecule has 1 aromatic heterocycles. The maximum absolute atomic E-state index is 12.4. The average Bonchev–Trinajstić information content (AvgIpc) is 2.62. The quantitative estimate of drug-likeness (QED) is 0.811. The van der Waals surface area contributed by atoms with E-state index in [0.29, 0.717) is 12.5 Å². The Balaban J connectivity index is 1.71. The molecule has 6 heteroatoms. The van der Waals surface area contributed by atoms with Crippen molar-refractivity contribution >= 4 is 17.5 Å². The first-order valence-electron chi connectivity index (χ1n) is 8.95. The average molecular weight is 353 g/mol. The summed E-state index contributed by atoms with van der Waals surface area (Å²) in [5, 5.41) is 5.28. The van der Waals surface area contributed by atoms with Gasteiger partial charge >= 0.3 is 11.8 Å². The molecular formula is C20H23N3O3. The van der Waals surface area contributed by atoms with Crippen molar-refractivity contribution in [2.24, 2.45) is 5.92 Å². The van der Waals surface area contributed by atoms with Crippen LogP contribution in [-0.2, 0) is 16.1 Å². The Labute approximate surface area is 152 Å². The minimum atomic E-state index is -0.823. The number of amides is 2. The predicted octanol–water partition coefficient (Wildman–Crippen LogP) is 2.46. The Bertz CT molecular complexity index is 841. The second kappa shape index (κ2) is 7.99. The first kappa shape index (κ1) is 17.9. The van der Waals surface area contributed by atoms with Gasteiger partial charge in [0.15, 0.2) is 0 Å². The number of rotatable bonds is 5. The lowest BCUT2D eigenvalue weighted by atomic mass is 9.77. The van der Waals surface area contributed by atoms with Gasteiger partial charge in [-0.3, -0.25) is 14.4 Å². The first-order chi connectivity index (χ1) is 12.6. The van der Waals surface area contributed by atoms with Gasteiger partial charge in [0.1, 0.15) is 5.69 Å². The van der Waals surface area contributed by atoms with Crippen molar-refractivity contribution < 1.29 is 9.59 Å². The van der Waals surface area contributed by atoms with Crippen LogP contribution in [-0.4, -0.2) is 16.4 Å². The fraction of sp³-hybridized carbons (Fsp3) is 0.350. The minimum Gasteiger partial charge on any atom is -0.352 e. The molecule has 1 aromatic carbocycles. The minimum absolute atomic E-state index is 0.106. The van der Waals surface area contributed by atoms with Crippen molar-refractivity contribution in [3.05, 3.63) is 64.6 Å². The van der Waals surface area contributed by atoms with Crippen molar-refractivity contribution in [1.29, 1.82) is 0 Å². The normalized spacial score (nSPS) is 15.0. The SMILES string of the molecule is CCn1ccc(=O)c(NC(=O)C(=O)N[C@@H](c2ccccc2)C2CCC2)c1. The van der Waals surface area contributed by atoms with Crippen LogP contribution in [0.5, 0.6) is 0 Å². The van der Waals surface area contributed by atoms with E-state index in [1.807, 2.05) is 37.3 Å². The monoisotopic (exact) mass is 353 g/mol. The summed E-state index contributed by atoms with van der Waals surface area (Å²) in [7, 11) is 0. The lowest BCUT2D eigenvalue weighted by Gasteiger charge is -2.34. The van der Waals surface area contributed by atoms with Gasteiger partial charge in [-0.25, -0.2) is 0 Å². The summed E-state index contributed by atoms with van der Waals surface area (Å²) in [6, 6.07) is 10.9. The summed E-state index contributed by atoms with van der Waals surface area (Å²) in [5.41, 5.74) is 0.773. The number of nitrogens with zero attached hydrogens (tertiary/aromatic N) is 1. The third kappa shape index (κ3) is 4.02. The van der Waals surface area contributed by atoms with E-state index in [0.717, 1.165) is 24.8 Å². The van der Waals surface area contributed by atoms with Crippen LogP contribution in [0.25, 0.3) is 0 Å². The molecule has 0 bridgehead atoms. The molecule has 0 unspecified atom stereocenters. The van der Waals surface area contributed by atoms with Crippen molar-refractivity contribution in [1.82, 2.24) is 9.88 Å². The summed E-state index contributed by atoms with van der Waals surface area (Å²) in [6.07, 6.45) is 6.37. The van der Waals surface area contributed by atoms with Gasteiger partial charge in [-0.05, 0) is 31.2 Å². The van der Waals surface area contributed by atoms with Crippen LogP contribution in [0.2, 0.25) is 0 Å². The lowest BCUT2D eigenvalue weighted by Crippen LogP contribution is -2.42. The van der Waals surface area contributed by atoms with E-state index in [1.165, 1.54) is 12.3 Å². The molecule has 26 heavy (non-hydrogen) atoms. The van der Waals surface area contributed by atoms with Gasteiger partial charge in [0, 0.05) is 25.0 Å². The van der Waals surface area contributed by atoms with Gasteiger partial charge in [-0.1, -0.05) is 36.8 Å². The molecule has 0 aliphatic heterocycles. The van der Waals surface area contributed by atoms with Crippen LogP contribution in [0.1, 0.15) is 37.8 Å². The maximum Gasteiger partial charge on any atom is 0.313 e. The molecule has 3 rings (SSSR count). The second-order valence-electron chi connectivity index (χ2n) is 6.56. The second-order valence-corrected chi connectivity index (χ2v) is 6.56. The highest BCUT2D eigenvalue weighted by atomic mass is 16.2. The number of pyridine rings is 1. The van der Waals surface area contributed by atoms with Gasteiger partial charge in [-0.2, -0.15) is 0 Å². The fourth-order valence-corrected chi connectivity index (χ4v) is 3.11. The molecule has 2 amide bonds. The van der Waals surface area contributed by atoms with E-state index in [1.54, 1.807) is 10.8 Å². The zero-order chi connectivity index (χ0) is 18.5. The topological polar surface area (TPSA) is 80.2 Å². The Morgan fingerprint density at radius 2 is 1.88 bits per heavy atom. The molecule has 2 aromatic rings. The number of aryl methyl sites for hydroxylation is 1. The first-order valence-corrected chi connectivity index (χ1v) is 8.95. The largest absolute Gasteiger partial charge is 0.352 e. The molecule has 1 aliphatic rings. The van der Waals surface area contributed by atoms with Crippen molar-refractivity contribution in [2.45, 2.75) is 38.8 Å². The van der Waals surface area contributed by atoms with Crippen LogP contribution in [0.3, 0.4) is 0 Å². The van der Waals surface area contributed by atoms with Crippen LogP contribution >= 0.6 is 0 Å². The summed E-state index contributed by atoms with van der Waals surface area (Å²) in [5.74, 6) is -1.21. The molecule has 0 saturated heterocycles. The summed E-state index contributed by atoms with van der Waals surface area (Å²) in [4.78, 5) is 36.6. The fourth-order valence-electron chi connectivity index (χ4n) is 3.11. The highest BCUT2D eigenvalue weighted by molar-refractivity contribution is 6.39. The van der Waals surface area contributed by atoms with Crippen molar-refractivity contribution in [3.8, 4) is 0 Å². The van der Waals surface area contributed by atoms with Crippen LogP contribution in [0.4, 0.5) is 5.69 Å². The lowest BCUT2D eigenvalue weighted by molar-refractivity contribution is -0.137. The third-order valence-electron chi connectivity index (χ3n) is 4.86. The van der Waals surface area contributed by atoms with E-state index in [-0.39, 0.29) is 17.2 Å². The van der Waals surface area contributed by atoms with Gasteiger partial charge in [-0.15, -0.1) is 0 Å². The summed E-state index contributed by atoms with van der Waals surface area (Å²) >= 11 is 0. The highest BCUT2D eigenvalue weighted by Gasteiger charge is 2.31. The maximum atomic E-state index is 12.4. The zero-order valence-corrected chi connectivity index (χ0v) is 14.8. The van der Waals surface area contributed by atoms with Crippen LogP contribution in [0, 0.1) is 5.92 Å². The molecule has 2 N–H and O–H groups in total. The molecule has 0 spiro atoms. The summed E-state index contributed by atoms with van der Waals surface area (Å²) in [6.45, 7) is 2.58. The third-order valence-corrected chi connectivity index (χ3v) is 4.86. The molecule has 1 saturated carbocycles. The Kier molecular flexibility index (Phi) is 5.51. The van der Waals surface area contributed by atoms with Gasteiger partial charge < -0.3 is 15.2 Å². The number of aromatic nitrogens is 1. The van der Waals surface area contributed by atoms with Crippen LogP contribution < -0.4 is 16.1 Å². The van der Waals surface area contributed by atoms with E-state index in [2.05, 4.69) is 10.6 Å². The number of hydrogen-bond acceptors (Lipinski definition) is 3. The molecule has 1 aliphatic carbocycles. The number of carbonyl (C=O) groups is 2. The molecule has 1 fully saturated rings. The smallest absolute Gasteiger partial charge is 0.313 e. The molecule has 0 radical (unpaired) electrons. The predicted molar refractivity (Wildman–Crippen MR) is 99.7 cm³/mol. The van der Waals surface area contributed by atoms with E-state index in [4.69, 9.17) is 0 Å². The van der Waals surface area contributed by atoms with Crippen LogP contribution in [0.15, 0.2) is 53.6 Å². The Hall–Kier alpha value is -2.89. The standard InChI is InChI=1S/C20H23N3O3/c1-2-23-12-11-17(24)16(13-23)21-19(25)20(26)22-18(15-9-6-10-15)14-7-4-3-5-8-14/h3-5,7-8,11-13,15,18H,2,6,9-10H2,1H3,(H,21,25)(H,22,26)/t18-/m0/s1. The number of hydrogen-bond donors (Lipinski definition) is 2. The number of carbonyl (C=O) groups excluding carboxylic acids is 2. The summed E-state index contributed by atoms with van der Waals surface area (Å²) < 4.78 is 1.76. The number of nitrogens with one attached hydrogen (secondary N) is 2. The molecule has 1 heterocycles. The van der Waals surface area contributed by atoms with E-state index in [9.17, 15) is 14.4 Å². The van der Waals surface area contributed by atoms with Crippen molar-refractivity contribution in [3.63, 3.8) is 0 Å². The number of benzene rings is 1. The van der Waals surface area contributed by atoms with Gasteiger partial charge in [0.05, 0.1) is 6.04 Å².